The lowest BCUT2D eigenvalue weighted by Crippen LogP contribution is -2.33. The third kappa shape index (κ3) is 3.35. The molecule has 3 rings (SSSR count). The Kier molecular flexibility index (Phi) is 4.13. The van der Waals surface area contributed by atoms with Gasteiger partial charge in [0.1, 0.15) is 5.82 Å². The average Bonchev–Trinajstić information content (AvgIpc) is 3.01. The maximum atomic E-state index is 5.73. The maximum Gasteiger partial charge on any atom is 0.232 e. The van der Waals surface area contributed by atoms with E-state index < -0.39 is 0 Å². The zero-order valence-corrected chi connectivity index (χ0v) is 11.3. The van der Waals surface area contributed by atoms with Gasteiger partial charge in [-0.1, -0.05) is 0 Å². The molecule has 0 bridgehead atoms. The number of aromatic nitrogens is 2. The van der Waals surface area contributed by atoms with E-state index in [9.17, 15) is 0 Å². The summed E-state index contributed by atoms with van der Waals surface area (Å²) >= 11 is 0. The van der Waals surface area contributed by atoms with Crippen molar-refractivity contribution >= 4 is 5.82 Å². The van der Waals surface area contributed by atoms with Crippen molar-refractivity contribution in [3.63, 3.8) is 0 Å². The fraction of sp³-hybridized carbons (Fsp3) is 0.714. The van der Waals surface area contributed by atoms with Crippen LogP contribution in [-0.4, -0.2) is 42.8 Å². The second-order valence-corrected chi connectivity index (χ2v) is 5.43. The number of piperidine rings is 1. The smallest absolute Gasteiger partial charge is 0.232 e. The predicted molar refractivity (Wildman–Crippen MR) is 74.6 cm³/mol. The van der Waals surface area contributed by atoms with Gasteiger partial charge in [0.05, 0.1) is 19.0 Å². The minimum Gasteiger partial charge on any atom is -0.476 e. The molecule has 0 aromatic carbocycles. The minimum atomic E-state index is 0.605. The molecule has 0 amide bonds. The van der Waals surface area contributed by atoms with Crippen molar-refractivity contribution in [2.75, 3.05) is 37.7 Å². The second-order valence-electron chi connectivity index (χ2n) is 5.43. The van der Waals surface area contributed by atoms with Crippen LogP contribution < -0.4 is 15.0 Å². The molecule has 5 nitrogen and oxygen atoms in total. The van der Waals surface area contributed by atoms with Gasteiger partial charge in [0.15, 0.2) is 0 Å². The Morgan fingerprint density at radius 2 is 2.11 bits per heavy atom. The Labute approximate surface area is 114 Å². The molecule has 2 saturated heterocycles. The van der Waals surface area contributed by atoms with Gasteiger partial charge in [-0.15, -0.1) is 0 Å². The van der Waals surface area contributed by atoms with E-state index in [0.717, 1.165) is 38.6 Å². The SMILES string of the molecule is c1nc(N2CCCC2)cnc1OCC1CCCNC1. The highest BCUT2D eigenvalue weighted by Gasteiger charge is 2.15. The Balaban J connectivity index is 1.50. The molecule has 0 radical (unpaired) electrons. The zero-order chi connectivity index (χ0) is 12.9. The summed E-state index contributed by atoms with van der Waals surface area (Å²) in [5.41, 5.74) is 0. The molecule has 104 valence electrons. The van der Waals surface area contributed by atoms with E-state index in [2.05, 4.69) is 20.2 Å². The van der Waals surface area contributed by atoms with Gasteiger partial charge in [-0.25, -0.2) is 9.97 Å². The number of hydrogen-bond acceptors (Lipinski definition) is 5. The van der Waals surface area contributed by atoms with Crippen LogP contribution in [0.1, 0.15) is 25.7 Å². The van der Waals surface area contributed by atoms with Gasteiger partial charge in [-0.2, -0.15) is 0 Å². The summed E-state index contributed by atoms with van der Waals surface area (Å²) < 4.78 is 5.73. The van der Waals surface area contributed by atoms with Crippen molar-refractivity contribution in [2.24, 2.45) is 5.92 Å². The highest BCUT2D eigenvalue weighted by atomic mass is 16.5. The van der Waals surface area contributed by atoms with Crippen molar-refractivity contribution in [3.8, 4) is 5.88 Å². The van der Waals surface area contributed by atoms with Gasteiger partial charge in [-0.3, -0.25) is 0 Å². The van der Waals surface area contributed by atoms with E-state index >= 15 is 0 Å². The topological polar surface area (TPSA) is 50.3 Å². The monoisotopic (exact) mass is 262 g/mol. The van der Waals surface area contributed by atoms with Crippen LogP contribution >= 0.6 is 0 Å². The number of nitrogens with one attached hydrogen (secondary N) is 1. The quantitative estimate of drug-likeness (QED) is 0.890. The van der Waals surface area contributed by atoms with Crippen molar-refractivity contribution in [2.45, 2.75) is 25.7 Å². The Morgan fingerprint density at radius 1 is 1.21 bits per heavy atom. The van der Waals surface area contributed by atoms with E-state index in [-0.39, 0.29) is 0 Å². The van der Waals surface area contributed by atoms with E-state index in [4.69, 9.17) is 4.74 Å². The van der Waals surface area contributed by atoms with Crippen LogP contribution in [0.3, 0.4) is 0 Å². The van der Waals surface area contributed by atoms with Gasteiger partial charge in [0.25, 0.3) is 0 Å². The lowest BCUT2D eigenvalue weighted by atomic mass is 10.0. The van der Waals surface area contributed by atoms with Crippen LogP contribution in [0.2, 0.25) is 0 Å². The summed E-state index contributed by atoms with van der Waals surface area (Å²) in [7, 11) is 0. The summed E-state index contributed by atoms with van der Waals surface area (Å²) in [5, 5.41) is 3.39. The molecule has 0 spiro atoms. The molecule has 1 unspecified atom stereocenters. The number of hydrogen-bond donors (Lipinski definition) is 1. The molecule has 5 heteroatoms. The van der Waals surface area contributed by atoms with Crippen LogP contribution in [0.5, 0.6) is 5.88 Å². The molecule has 19 heavy (non-hydrogen) atoms. The molecule has 1 atom stereocenters. The van der Waals surface area contributed by atoms with Crippen LogP contribution in [0.15, 0.2) is 12.4 Å². The Bertz CT molecular complexity index is 383. The highest BCUT2D eigenvalue weighted by Crippen LogP contribution is 2.18. The molecule has 1 N–H and O–H groups in total. The van der Waals surface area contributed by atoms with Gasteiger partial charge < -0.3 is 15.0 Å². The Hall–Kier alpha value is -1.36. The largest absolute Gasteiger partial charge is 0.476 e. The summed E-state index contributed by atoms with van der Waals surface area (Å²) in [6.07, 6.45) is 8.59. The van der Waals surface area contributed by atoms with Crippen molar-refractivity contribution in [3.05, 3.63) is 12.4 Å². The summed E-state index contributed by atoms with van der Waals surface area (Å²) in [6.45, 7) is 5.14. The normalized spacial score (nSPS) is 23.6. The third-order valence-corrected chi connectivity index (χ3v) is 3.91. The second kappa shape index (κ2) is 6.19. The molecule has 0 saturated carbocycles. The molecule has 2 aliphatic rings. The van der Waals surface area contributed by atoms with Crippen LogP contribution in [0.25, 0.3) is 0 Å². The first-order valence-corrected chi connectivity index (χ1v) is 7.32. The zero-order valence-electron chi connectivity index (χ0n) is 11.3. The summed E-state index contributed by atoms with van der Waals surface area (Å²) in [6, 6.07) is 0. The van der Waals surface area contributed by atoms with Crippen LogP contribution in [0.4, 0.5) is 5.82 Å². The summed E-state index contributed by atoms with van der Waals surface area (Å²) in [5.74, 6) is 2.23. The van der Waals surface area contributed by atoms with Gasteiger partial charge in [-0.05, 0) is 32.2 Å². The third-order valence-electron chi connectivity index (χ3n) is 3.91. The standard InChI is InChI=1S/C14H22N4O/c1-2-7-18(6-1)13-9-17-14(10-16-13)19-11-12-4-3-5-15-8-12/h9-10,12,15H,1-8,11H2. The van der Waals surface area contributed by atoms with E-state index in [0.29, 0.717) is 11.8 Å². The van der Waals surface area contributed by atoms with E-state index in [1.807, 2.05) is 6.20 Å². The number of ether oxygens (including phenoxy) is 1. The van der Waals surface area contributed by atoms with Gasteiger partial charge in [0, 0.05) is 25.6 Å². The van der Waals surface area contributed by atoms with E-state index in [1.54, 1.807) is 6.20 Å². The number of nitrogens with zero attached hydrogens (tertiary/aromatic N) is 3. The molecular weight excluding hydrogens is 240 g/mol. The lowest BCUT2D eigenvalue weighted by molar-refractivity contribution is 0.211. The average molecular weight is 262 g/mol. The molecular formula is C14H22N4O. The summed E-state index contributed by atoms with van der Waals surface area (Å²) in [4.78, 5) is 11.1. The Morgan fingerprint density at radius 3 is 2.79 bits per heavy atom. The maximum absolute atomic E-state index is 5.73. The van der Waals surface area contributed by atoms with Crippen LogP contribution in [0, 0.1) is 5.92 Å². The molecule has 2 aliphatic heterocycles. The number of rotatable bonds is 4. The first-order chi connectivity index (χ1) is 9.42. The predicted octanol–water partition coefficient (Wildman–Crippen LogP) is 1.46. The molecule has 1 aromatic rings. The van der Waals surface area contributed by atoms with Crippen molar-refractivity contribution in [1.29, 1.82) is 0 Å². The fourth-order valence-corrected chi connectivity index (χ4v) is 2.76. The minimum absolute atomic E-state index is 0.605. The lowest BCUT2D eigenvalue weighted by Gasteiger charge is -2.22. The first-order valence-electron chi connectivity index (χ1n) is 7.32. The van der Waals surface area contributed by atoms with Gasteiger partial charge in [0.2, 0.25) is 5.88 Å². The van der Waals surface area contributed by atoms with Crippen molar-refractivity contribution < 1.29 is 4.74 Å². The molecule has 1 aromatic heterocycles. The first kappa shape index (κ1) is 12.7. The van der Waals surface area contributed by atoms with E-state index in [1.165, 1.54) is 25.7 Å². The molecule has 3 heterocycles. The highest BCUT2D eigenvalue weighted by molar-refractivity contribution is 5.37. The fourth-order valence-electron chi connectivity index (χ4n) is 2.76. The van der Waals surface area contributed by atoms with Crippen LogP contribution in [-0.2, 0) is 0 Å². The molecule has 0 aliphatic carbocycles. The number of anilines is 1. The molecule has 2 fully saturated rings. The van der Waals surface area contributed by atoms with Crippen molar-refractivity contribution in [1.82, 2.24) is 15.3 Å². The van der Waals surface area contributed by atoms with Gasteiger partial charge >= 0.3 is 0 Å².